The van der Waals surface area contributed by atoms with E-state index in [-0.39, 0.29) is 23.0 Å². The zero-order valence-corrected chi connectivity index (χ0v) is 11.8. The van der Waals surface area contributed by atoms with Crippen molar-refractivity contribution in [3.05, 3.63) is 32.8 Å². The van der Waals surface area contributed by atoms with E-state index in [0.29, 0.717) is 5.69 Å². The Morgan fingerprint density at radius 3 is 2.65 bits per heavy atom. The molecule has 0 saturated heterocycles. The fourth-order valence-electron chi connectivity index (χ4n) is 1.38. The van der Waals surface area contributed by atoms with Crippen molar-refractivity contribution in [1.82, 2.24) is 0 Å². The predicted octanol–water partition coefficient (Wildman–Crippen LogP) is 1.49. The molecule has 0 bridgehead atoms. The Hall–Kier alpha value is -2.00. The zero-order chi connectivity index (χ0) is 15.3. The van der Waals surface area contributed by atoms with Gasteiger partial charge in [0.25, 0.3) is 5.69 Å². The van der Waals surface area contributed by atoms with Crippen LogP contribution in [0.4, 0.5) is 11.4 Å². The number of nitro benzene ring substituents is 1. The third-order valence-electron chi connectivity index (χ3n) is 2.42. The molecule has 1 unspecified atom stereocenters. The molecule has 1 aromatic carbocycles. The maximum atomic E-state index is 11.7. The summed E-state index contributed by atoms with van der Waals surface area (Å²) in [4.78, 5) is 32.1. The molecule has 0 aliphatic heterocycles. The van der Waals surface area contributed by atoms with E-state index in [9.17, 15) is 19.7 Å². The summed E-state index contributed by atoms with van der Waals surface area (Å²) >= 11 is 3.02. The summed E-state index contributed by atoms with van der Waals surface area (Å²) in [5.74, 6) is -1.58. The van der Waals surface area contributed by atoms with Gasteiger partial charge in [0.2, 0.25) is 5.91 Å². The zero-order valence-electron chi connectivity index (χ0n) is 10.2. The Kier molecular flexibility index (Phi) is 5.59. The van der Waals surface area contributed by atoms with Gasteiger partial charge >= 0.3 is 5.97 Å². The number of carboxylic acid groups (broad SMARTS) is 1. The van der Waals surface area contributed by atoms with Gasteiger partial charge in [0.15, 0.2) is 0 Å². The van der Waals surface area contributed by atoms with Crippen LogP contribution in [0.25, 0.3) is 0 Å². The van der Waals surface area contributed by atoms with Gasteiger partial charge in [0.1, 0.15) is 0 Å². The molecular formula is C11H12BrN3O5. The van der Waals surface area contributed by atoms with Gasteiger partial charge in [0, 0.05) is 18.2 Å². The molecule has 1 rings (SSSR count). The molecule has 0 radical (unpaired) electrons. The van der Waals surface area contributed by atoms with Gasteiger partial charge in [0.05, 0.1) is 15.4 Å². The number of nitrogens with one attached hydrogen (secondary N) is 1. The number of nitro groups is 1. The maximum absolute atomic E-state index is 11.7. The monoisotopic (exact) mass is 345 g/mol. The first-order valence-corrected chi connectivity index (χ1v) is 6.32. The summed E-state index contributed by atoms with van der Waals surface area (Å²) in [7, 11) is 0. The minimum Gasteiger partial charge on any atom is -0.481 e. The Labute approximate surface area is 122 Å². The number of hydrogen-bond donors (Lipinski definition) is 3. The van der Waals surface area contributed by atoms with Crippen molar-refractivity contribution in [3.8, 4) is 0 Å². The molecule has 0 saturated carbocycles. The van der Waals surface area contributed by atoms with Crippen LogP contribution in [0.3, 0.4) is 0 Å². The van der Waals surface area contributed by atoms with Crippen molar-refractivity contribution in [2.75, 3.05) is 5.32 Å². The van der Waals surface area contributed by atoms with Gasteiger partial charge in [-0.1, -0.05) is 0 Å². The van der Waals surface area contributed by atoms with E-state index < -0.39 is 22.8 Å². The van der Waals surface area contributed by atoms with Gasteiger partial charge in [-0.05, 0) is 34.5 Å². The molecule has 8 nitrogen and oxygen atoms in total. The molecule has 20 heavy (non-hydrogen) atoms. The summed E-state index contributed by atoms with van der Waals surface area (Å²) in [6.45, 7) is 0. The molecular weight excluding hydrogens is 334 g/mol. The molecule has 108 valence electrons. The lowest BCUT2D eigenvalue weighted by molar-refractivity contribution is -0.385. The first-order chi connectivity index (χ1) is 9.31. The largest absolute Gasteiger partial charge is 0.481 e. The minimum absolute atomic E-state index is 0.00924. The summed E-state index contributed by atoms with van der Waals surface area (Å²) in [6, 6.07) is 3.02. The summed E-state index contributed by atoms with van der Waals surface area (Å²) in [5.41, 5.74) is 5.74. The van der Waals surface area contributed by atoms with Crippen molar-refractivity contribution < 1.29 is 19.6 Å². The van der Waals surface area contributed by atoms with Gasteiger partial charge in [-0.25, -0.2) is 0 Å². The van der Waals surface area contributed by atoms with E-state index in [0.717, 1.165) is 0 Å². The van der Waals surface area contributed by atoms with Crippen molar-refractivity contribution in [2.24, 2.45) is 5.73 Å². The van der Waals surface area contributed by atoms with Crippen molar-refractivity contribution in [1.29, 1.82) is 0 Å². The van der Waals surface area contributed by atoms with Crippen molar-refractivity contribution in [3.63, 3.8) is 0 Å². The van der Waals surface area contributed by atoms with Gasteiger partial charge in [-0.15, -0.1) is 0 Å². The highest BCUT2D eigenvalue weighted by molar-refractivity contribution is 9.10. The number of carboxylic acids is 1. The standard InChI is InChI=1S/C11H12BrN3O5/c12-7-5-6(1-3-9(7)15(19)20)14-11(18)8(13)2-4-10(16)17/h1,3,5,8H,2,4,13H2,(H,14,18)(H,16,17). The number of hydrogen-bond acceptors (Lipinski definition) is 5. The van der Waals surface area contributed by atoms with Crippen LogP contribution >= 0.6 is 15.9 Å². The molecule has 0 aromatic heterocycles. The molecule has 0 aliphatic rings. The summed E-state index contributed by atoms with van der Waals surface area (Å²) in [5, 5.41) is 21.6. The molecule has 0 fully saturated rings. The topological polar surface area (TPSA) is 136 Å². The van der Waals surface area contributed by atoms with Crippen LogP contribution in [0.15, 0.2) is 22.7 Å². The van der Waals surface area contributed by atoms with Crippen LogP contribution in [0, 0.1) is 10.1 Å². The van der Waals surface area contributed by atoms with Crippen LogP contribution in [-0.4, -0.2) is 27.9 Å². The number of rotatable bonds is 6. The number of nitrogens with two attached hydrogens (primary N) is 1. The van der Waals surface area contributed by atoms with E-state index in [1.54, 1.807) is 0 Å². The molecule has 0 spiro atoms. The van der Waals surface area contributed by atoms with Crippen LogP contribution in [-0.2, 0) is 9.59 Å². The highest BCUT2D eigenvalue weighted by Crippen LogP contribution is 2.27. The number of amides is 1. The second-order valence-corrected chi connectivity index (χ2v) is 4.81. The Morgan fingerprint density at radius 1 is 1.50 bits per heavy atom. The molecule has 1 atom stereocenters. The highest BCUT2D eigenvalue weighted by atomic mass is 79.9. The maximum Gasteiger partial charge on any atom is 0.303 e. The van der Waals surface area contributed by atoms with Gasteiger partial charge < -0.3 is 16.2 Å². The van der Waals surface area contributed by atoms with E-state index in [1.165, 1.54) is 18.2 Å². The van der Waals surface area contributed by atoms with E-state index >= 15 is 0 Å². The van der Waals surface area contributed by atoms with E-state index in [4.69, 9.17) is 10.8 Å². The Bertz CT molecular complexity index is 549. The minimum atomic E-state index is -1.04. The first-order valence-electron chi connectivity index (χ1n) is 5.53. The average molecular weight is 346 g/mol. The number of nitrogens with zero attached hydrogens (tertiary/aromatic N) is 1. The molecule has 0 heterocycles. The van der Waals surface area contributed by atoms with E-state index in [1.807, 2.05) is 0 Å². The fourth-order valence-corrected chi connectivity index (χ4v) is 1.90. The molecule has 1 amide bonds. The van der Waals surface area contributed by atoms with Crippen LogP contribution < -0.4 is 11.1 Å². The summed E-state index contributed by atoms with van der Waals surface area (Å²) in [6.07, 6.45) is -0.201. The van der Waals surface area contributed by atoms with Crippen LogP contribution in [0.2, 0.25) is 0 Å². The number of halogens is 1. The number of anilines is 1. The number of benzene rings is 1. The van der Waals surface area contributed by atoms with Crippen molar-refractivity contribution >= 4 is 39.2 Å². The third-order valence-corrected chi connectivity index (χ3v) is 3.05. The SMILES string of the molecule is NC(CCC(=O)O)C(=O)Nc1ccc([N+](=O)[O-])c(Br)c1. The lowest BCUT2D eigenvalue weighted by atomic mass is 10.1. The van der Waals surface area contributed by atoms with Crippen LogP contribution in [0.1, 0.15) is 12.8 Å². The number of carbonyl (C=O) groups excluding carboxylic acids is 1. The Morgan fingerprint density at radius 2 is 2.15 bits per heavy atom. The van der Waals surface area contributed by atoms with E-state index in [2.05, 4.69) is 21.2 Å². The van der Waals surface area contributed by atoms with Crippen molar-refractivity contribution in [2.45, 2.75) is 18.9 Å². The van der Waals surface area contributed by atoms with Crippen LogP contribution in [0.5, 0.6) is 0 Å². The lowest BCUT2D eigenvalue weighted by Gasteiger charge is -2.11. The Balaban J connectivity index is 2.69. The number of aliphatic carboxylic acids is 1. The normalized spacial score (nSPS) is 11.7. The second-order valence-electron chi connectivity index (χ2n) is 3.95. The quantitative estimate of drug-likeness (QED) is 0.527. The van der Waals surface area contributed by atoms with Gasteiger partial charge in [-0.2, -0.15) is 0 Å². The fraction of sp³-hybridized carbons (Fsp3) is 0.273. The average Bonchev–Trinajstić information content (AvgIpc) is 2.35. The molecule has 4 N–H and O–H groups in total. The second kappa shape index (κ2) is 6.96. The molecule has 1 aromatic rings. The number of carbonyl (C=O) groups is 2. The van der Waals surface area contributed by atoms with Gasteiger partial charge in [-0.3, -0.25) is 19.7 Å². The molecule has 9 heteroatoms. The first kappa shape index (κ1) is 16.1. The molecule has 0 aliphatic carbocycles. The highest BCUT2D eigenvalue weighted by Gasteiger charge is 2.17. The predicted molar refractivity (Wildman–Crippen MR) is 74.3 cm³/mol. The smallest absolute Gasteiger partial charge is 0.303 e. The summed E-state index contributed by atoms with van der Waals surface area (Å²) < 4.78 is 0.222. The lowest BCUT2D eigenvalue weighted by Crippen LogP contribution is -2.36. The third kappa shape index (κ3) is 4.59.